The van der Waals surface area contributed by atoms with E-state index in [0.717, 1.165) is 61.6 Å². The van der Waals surface area contributed by atoms with Gasteiger partial charge < -0.3 is 4.90 Å². The van der Waals surface area contributed by atoms with Crippen LogP contribution in [0.1, 0.15) is 46.5 Å². The predicted molar refractivity (Wildman–Crippen MR) is 150 cm³/mol. The molecule has 1 fully saturated rings. The maximum atomic E-state index is 11.8. The first-order valence-electron chi connectivity index (χ1n) is 12.3. The number of benzene rings is 2. The van der Waals surface area contributed by atoms with Gasteiger partial charge in [-0.15, -0.1) is 0 Å². The second-order valence-electron chi connectivity index (χ2n) is 9.44. The Labute approximate surface area is 218 Å². The molecule has 0 aromatic heterocycles. The summed E-state index contributed by atoms with van der Waals surface area (Å²) in [5.74, 6) is 1.68. The molecule has 1 aliphatic carbocycles. The van der Waals surface area contributed by atoms with Gasteiger partial charge in [-0.2, -0.15) is 0 Å². The molecule has 0 saturated carbocycles. The summed E-state index contributed by atoms with van der Waals surface area (Å²) in [4.78, 5) is 20.1. The van der Waals surface area contributed by atoms with Crippen LogP contribution in [-0.2, 0) is 4.79 Å². The van der Waals surface area contributed by atoms with Crippen molar-refractivity contribution in [3.8, 4) is 0 Å². The van der Waals surface area contributed by atoms with Crippen LogP contribution in [0, 0.1) is 11.8 Å². The van der Waals surface area contributed by atoms with Crippen molar-refractivity contribution < 1.29 is 4.79 Å². The largest absolute Gasteiger partial charge is 0.370 e. The summed E-state index contributed by atoms with van der Waals surface area (Å²) in [5, 5.41) is 4.12. The highest BCUT2D eigenvalue weighted by molar-refractivity contribution is 6.45. The van der Waals surface area contributed by atoms with Gasteiger partial charge in [0.2, 0.25) is 6.41 Å². The lowest BCUT2D eigenvalue weighted by atomic mass is 9.83. The molecule has 2 aromatic rings. The molecule has 0 radical (unpaired) electrons. The number of hydrogen-bond donors (Lipinski definition) is 0. The molecule has 2 aromatic carbocycles. The first kappa shape index (κ1) is 25.5. The van der Waals surface area contributed by atoms with E-state index in [0.29, 0.717) is 28.4 Å². The Bertz CT molecular complexity index is 1260. The number of carbonyl (C=O) groups is 1. The second-order valence-corrected chi connectivity index (χ2v) is 10.3. The van der Waals surface area contributed by atoms with Crippen LogP contribution in [0.2, 0.25) is 5.02 Å². The SMILES string of the molecule is C/C=C(/C)N=C(C)N(C=O)c1ccc(N2CCC(C[C@@H]3CC=c4ccccc4=C3Cl)CC2)c(Cl)c1. The van der Waals surface area contributed by atoms with Crippen LogP contribution in [0.3, 0.4) is 0 Å². The van der Waals surface area contributed by atoms with Crippen molar-refractivity contribution in [2.75, 3.05) is 22.9 Å². The van der Waals surface area contributed by atoms with Crippen molar-refractivity contribution in [1.82, 2.24) is 0 Å². The first-order valence-corrected chi connectivity index (χ1v) is 13.1. The molecule has 2 aliphatic rings. The topological polar surface area (TPSA) is 35.9 Å². The second kappa shape index (κ2) is 11.5. The highest BCUT2D eigenvalue weighted by Crippen LogP contribution is 2.36. The fraction of sp³-hybridized carbons (Fsp3) is 0.379. The zero-order valence-corrected chi connectivity index (χ0v) is 22.2. The Morgan fingerprint density at radius 3 is 2.57 bits per heavy atom. The summed E-state index contributed by atoms with van der Waals surface area (Å²) < 4.78 is 0. The maximum Gasteiger partial charge on any atom is 0.219 e. The number of amides is 1. The van der Waals surface area contributed by atoms with Crippen LogP contribution in [0.15, 0.2) is 59.2 Å². The average Bonchev–Trinajstić information content (AvgIpc) is 2.87. The summed E-state index contributed by atoms with van der Waals surface area (Å²) in [6, 6.07) is 14.2. The number of aliphatic imine (C=N–C) groups is 1. The van der Waals surface area contributed by atoms with E-state index in [-0.39, 0.29) is 0 Å². The van der Waals surface area contributed by atoms with Gasteiger partial charge >= 0.3 is 0 Å². The number of carbonyl (C=O) groups excluding carboxylic acids is 1. The summed E-state index contributed by atoms with van der Waals surface area (Å²) in [6.07, 6.45) is 9.41. The Balaban J connectivity index is 1.40. The van der Waals surface area contributed by atoms with E-state index in [1.165, 1.54) is 15.3 Å². The number of fused-ring (bicyclic) bond motifs is 1. The number of piperidine rings is 1. The van der Waals surface area contributed by atoms with Crippen LogP contribution in [0.25, 0.3) is 11.1 Å². The van der Waals surface area contributed by atoms with Crippen molar-refractivity contribution >= 4 is 57.9 Å². The van der Waals surface area contributed by atoms with E-state index in [2.05, 4.69) is 40.2 Å². The van der Waals surface area contributed by atoms with Crippen LogP contribution in [0.4, 0.5) is 11.4 Å². The van der Waals surface area contributed by atoms with Crippen molar-refractivity contribution in [1.29, 1.82) is 0 Å². The monoisotopic (exact) mass is 509 g/mol. The molecule has 0 N–H and O–H groups in total. The van der Waals surface area contributed by atoms with E-state index < -0.39 is 0 Å². The summed E-state index contributed by atoms with van der Waals surface area (Å²) >= 11 is 13.5. The molecule has 1 amide bonds. The molecule has 184 valence electrons. The van der Waals surface area contributed by atoms with Crippen LogP contribution in [0.5, 0.6) is 0 Å². The highest BCUT2D eigenvalue weighted by Gasteiger charge is 2.26. The molecular formula is C29H33Cl2N3O. The van der Waals surface area contributed by atoms with Gasteiger partial charge in [0.15, 0.2) is 0 Å². The van der Waals surface area contributed by atoms with Gasteiger partial charge in [-0.1, -0.05) is 59.6 Å². The Hall–Kier alpha value is -2.56. The molecular weight excluding hydrogens is 477 g/mol. The van der Waals surface area contributed by atoms with Gasteiger partial charge in [0, 0.05) is 23.8 Å². The van der Waals surface area contributed by atoms with Crippen molar-refractivity contribution in [2.45, 2.75) is 46.5 Å². The van der Waals surface area contributed by atoms with E-state index in [9.17, 15) is 4.79 Å². The van der Waals surface area contributed by atoms with E-state index >= 15 is 0 Å². The number of nitrogens with zero attached hydrogens (tertiary/aromatic N) is 3. The summed E-state index contributed by atoms with van der Waals surface area (Å²) in [5.41, 5.74) is 2.59. The summed E-state index contributed by atoms with van der Waals surface area (Å²) in [6.45, 7) is 7.58. The molecule has 1 aliphatic heterocycles. The number of allylic oxidation sites excluding steroid dienone is 2. The van der Waals surface area contributed by atoms with Crippen molar-refractivity contribution in [3.05, 3.63) is 69.7 Å². The molecule has 0 unspecified atom stereocenters. The van der Waals surface area contributed by atoms with Gasteiger partial charge in [0.25, 0.3) is 0 Å². The maximum absolute atomic E-state index is 11.8. The van der Waals surface area contributed by atoms with Gasteiger partial charge in [-0.25, -0.2) is 4.99 Å². The zero-order chi connectivity index (χ0) is 24.9. The fourth-order valence-corrected chi connectivity index (χ4v) is 5.74. The molecule has 35 heavy (non-hydrogen) atoms. The molecule has 4 nitrogen and oxygen atoms in total. The number of rotatable bonds is 6. The molecule has 1 saturated heterocycles. The zero-order valence-electron chi connectivity index (χ0n) is 20.7. The third kappa shape index (κ3) is 5.82. The summed E-state index contributed by atoms with van der Waals surface area (Å²) in [7, 11) is 0. The minimum Gasteiger partial charge on any atom is -0.370 e. The smallest absolute Gasteiger partial charge is 0.219 e. The standard InChI is InChI=1S/C29H33Cl2N3O/c1-4-20(2)32-21(3)34(19-35)25-11-12-28(27(30)18-25)33-15-13-22(14-16-33)17-24-10-9-23-7-5-6-8-26(23)29(24)31/h4-9,11-12,18-19,22,24H,10,13-17H2,1-3H3/b20-4-,32-21?/t24-/m0/s1. The average molecular weight is 511 g/mol. The molecule has 4 rings (SSSR count). The van der Waals surface area contributed by atoms with Crippen LogP contribution in [-0.4, -0.2) is 25.3 Å². The van der Waals surface area contributed by atoms with Gasteiger partial charge in [-0.05, 0) is 86.9 Å². The van der Waals surface area contributed by atoms with E-state index in [1.54, 1.807) is 0 Å². The molecule has 0 spiro atoms. The highest BCUT2D eigenvalue weighted by atomic mass is 35.5. The lowest BCUT2D eigenvalue weighted by Crippen LogP contribution is -2.36. The Kier molecular flexibility index (Phi) is 8.35. The Morgan fingerprint density at radius 2 is 1.89 bits per heavy atom. The Morgan fingerprint density at radius 1 is 1.14 bits per heavy atom. The normalized spacial score (nSPS) is 19.3. The third-order valence-electron chi connectivity index (χ3n) is 7.19. The minimum absolute atomic E-state index is 0.413. The quantitative estimate of drug-likeness (QED) is 0.268. The van der Waals surface area contributed by atoms with Crippen molar-refractivity contribution in [3.63, 3.8) is 0 Å². The van der Waals surface area contributed by atoms with Crippen LogP contribution >= 0.6 is 23.2 Å². The minimum atomic E-state index is 0.413. The van der Waals surface area contributed by atoms with E-state index in [4.69, 9.17) is 23.2 Å². The van der Waals surface area contributed by atoms with Gasteiger partial charge in [0.1, 0.15) is 5.84 Å². The predicted octanol–water partition coefficient (Wildman–Crippen LogP) is 6.10. The van der Waals surface area contributed by atoms with Crippen LogP contribution < -0.4 is 20.2 Å². The molecule has 6 heteroatoms. The third-order valence-corrected chi connectivity index (χ3v) is 8.01. The molecule has 1 atom stereocenters. The lowest BCUT2D eigenvalue weighted by Gasteiger charge is -2.36. The van der Waals surface area contributed by atoms with Gasteiger partial charge in [-0.3, -0.25) is 9.69 Å². The number of halogens is 2. The number of hydrogen-bond acceptors (Lipinski definition) is 3. The van der Waals surface area contributed by atoms with Crippen molar-refractivity contribution in [2.24, 2.45) is 16.8 Å². The van der Waals surface area contributed by atoms with Gasteiger partial charge in [0.05, 0.1) is 16.4 Å². The fourth-order valence-electron chi connectivity index (χ4n) is 5.10. The van der Waals surface area contributed by atoms with E-state index in [1.807, 2.05) is 45.0 Å². The lowest BCUT2D eigenvalue weighted by molar-refractivity contribution is -0.106. The number of anilines is 2. The first-order chi connectivity index (χ1) is 16.9. The molecule has 0 bridgehead atoms. The number of amidine groups is 1. The molecule has 1 heterocycles.